The molecule has 4 heterocycles. The van der Waals surface area contributed by atoms with Gasteiger partial charge in [0.15, 0.2) is 0 Å². The normalized spacial score (nSPS) is 14.3. The molecule has 0 spiro atoms. The van der Waals surface area contributed by atoms with Gasteiger partial charge in [-0.1, -0.05) is 35.9 Å². The molecule has 0 atom stereocenters. The average molecular weight is 658 g/mol. The lowest BCUT2D eigenvalue weighted by molar-refractivity contribution is 0.0684. The van der Waals surface area contributed by atoms with E-state index in [0.717, 1.165) is 77.7 Å². The number of benzene rings is 3. The number of aryl methyl sites for hydroxylation is 4. The second-order valence-corrected chi connectivity index (χ2v) is 13.7. The second kappa shape index (κ2) is 12.2. The van der Waals surface area contributed by atoms with Gasteiger partial charge in [0, 0.05) is 79.6 Å². The number of fused-ring (bicyclic) bond motifs is 8. The summed E-state index contributed by atoms with van der Waals surface area (Å²) in [4.78, 5) is 13.8. The first-order chi connectivity index (χ1) is 21.8. The highest BCUT2D eigenvalue weighted by Crippen LogP contribution is 2.43. The zero-order valence-electron chi connectivity index (χ0n) is 25.2. The molecule has 45 heavy (non-hydrogen) atoms. The topological polar surface area (TPSA) is 98.0 Å². The van der Waals surface area contributed by atoms with E-state index in [0.29, 0.717) is 35.9 Å². The maximum Gasteiger partial charge on any atom is 0.352 e. The summed E-state index contributed by atoms with van der Waals surface area (Å²) in [5, 5.41) is 26.6. The van der Waals surface area contributed by atoms with Crippen LogP contribution in [0.5, 0.6) is 5.75 Å². The van der Waals surface area contributed by atoms with Crippen molar-refractivity contribution in [1.29, 1.82) is 0 Å². The number of nitrogens with zero attached hydrogens (tertiary/aromatic N) is 4. The monoisotopic (exact) mass is 657 g/mol. The van der Waals surface area contributed by atoms with E-state index < -0.39 is 5.97 Å². The highest BCUT2D eigenvalue weighted by atomic mass is 35.5. The van der Waals surface area contributed by atoms with Crippen LogP contribution in [0.1, 0.15) is 45.2 Å². The van der Waals surface area contributed by atoms with Crippen molar-refractivity contribution < 1.29 is 14.6 Å². The number of hydrogen-bond donors (Lipinski definition) is 2. The molecule has 0 aliphatic carbocycles. The van der Waals surface area contributed by atoms with Crippen LogP contribution in [0.25, 0.3) is 32.8 Å². The molecule has 2 N–H and O–H groups in total. The Bertz CT molecular complexity index is 2100. The molecule has 0 saturated carbocycles. The van der Waals surface area contributed by atoms with Gasteiger partial charge in [0.1, 0.15) is 11.4 Å². The predicted molar refractivity (Wildman–Crippen MR) is 183 cm³/mol. The second-order valence-electron chi connectivity index (χ2n) is 11.3. The Balaban J connectivity index is 1.35. The van der Waals surface area contributed by atoms with Crippen LogP contribution in [0.2, 0.25) is 5.02 Å². The number of ether oxygens (including phenoxy) is 1. The van der Waals surface area contributed by atoms with Crippen molar-refractivity contribution in [3.63, 3.8) is 0 Å². The minimum absolute atomic E-state index is 0.266. The molecular formula is C34H32ClN5O3S2. The number of halogens is 1. The first-order valence-electron chi connectivity index (χ1n) is 14.8. The summed E-state index contributed by atoms with van der Waals surface area (Å²) >= 11 is 10.4. The molecule has 0 fully saturated rings. The lowest BCUT2D eigenvalue weighted by Crippen LogP contribution is -2.12. The quantitative estimate of drug-likeness (QED) is 0.183. The molecule has 0 unspecified atom stereocenters. The molecule has 8 nitrogen and oxygen atoms in total. The van der Waals surface area contributed by atoms with Gasteiger partial charge in [-0.05, 0) is 61.5 Å². The summed E-state index contributed by atoms with van der Waals surface area (Å²) in [6.45, 7) is 4.77. The van der Waals surface area contributed by atoms with Crippen molar-refractivity contribution in [2.45, 2.75) is 49.0 Å². The fourth-order valence-corrected chi connectivity index (χ4v) is 8.42. The van der Waals surface area contributed by atoms with Gasteiger partial charge in [0.05, 0.1) is 18.0 Å². The molecule has 1 aliphatic heterocycles. The molecule has 6 aromatic rings. The van der Waals surface area contributed by atoms with Crippen LogP contribution >= 0.6 is 35.1 Å². The number of nitrogens with one attached hydrogen (secondary N) is 1. The maximum atomic E-state index is 12.7. The van der Waals surface area contributed by atoms with E-state index in [4.69, 9.17) is 21.4 Å². The number of aromatic amines is 1. The van der Waals surface area contributed by atoms with Crippen LogP contribution in [0, 0.1) is 13.8 Å². The first kappa shape index (κ1) is 29.8. The third kappa shape index (κ3) is 5.49. The van der Waals surface area contributed by atoms with E-state index in [9.17, 15) is 9.90 Å². The van der Waals surface area contributed by atoms with Gasteiger partial charge < -0.3 is 14.4 Å². The number of aromatic carboxylic acids is 1. The number of rotatable bonds is 1. The van der Waals surface area contributed by atoms with E-state index in [-0.39, 0.29) is 5.69 Å². The summed E-state index contributed by atoms with van der Waals surface area (Å²) in [7, 11) is 2.00. The summed E-state index contributed by atoms with van der Waals surface area (Å²) < 4.78 is 10.3. The van der Waals surface area contributed by atoms with Gasteiger partial charge in [-0.2, -0.15) is 10.2 Å². The van der Waals surface area contributed by atoms with Crippen LogP contribution in [0.15, 0.2) is 59.5 Å². The van der Waals surface area contributed by atoms with Crippen LogP contribution in [0.3, 0.4) is 0 Å². The lowest BCUT2D eigenvalue weighted by Gasteiger charge is -2.14. The van der Waals surface area contributed by atoms with Crippen LogP contribution in [-0.4, -0.2) is 42.2 Å². The Labute approximate surface area is 274 Å². The van der Waals surface area contributed by atoms with Crippen LogP contribution < -0.4 is 4.74 Å². The largest absolute Gasteiger partial charge is 0.493 e. The number of H-pyrrole nitrogens is 1. The zero-order valence-corrected chi connectivity index (χ0v) is 27.6. The third-order valence-electron chi connectivity index (χ3n) is 8.38. The molecular weight excluding hydrogens is 626 g/mol. The van der Waals surface area contributed by atoms with Gasteiger partial charge in [-0.15, -0.1) is 23.5 Å². The van der Waals surface area contributed by atoms with Crippen molar-refractivity contribution in [3.8, 4) is 16.9 Å². The molecule has 1 aliphatic rings. The molecule has 3 aromatic heterocycles. The molecule has 0 amide bonds. The van der Waals surface area contributed by atoms with Crippen molar-refractivity contribution in [2.75, 3.05) is 6.61 Å². The minimum atomic E-state index is -0.966. The fraction of sp³-hybridized carbons (Fsp3) is 0.265. The maximum absolute atomic E-state index is 12.7. The Morgan fingerprint density at radius 1 is 1.07 bits per heavy atom. The molecule has 3 aromatic carbocycles. The molecule has 230 valence electrons. The highest BCUT2D eigenvalue weighted by Gasteiger charge is 2.26. The van der Waals surface area contributed by atoms with E-state index in [1.165, 1.54) is 0 Å². The number of thioether (sulfide) groups is 2. The Kier molecular flexibility index (Phi) is 8.05. The molecule has 0 radical (unpaired) electrons. The van der Waals surface area contributed by atoms with Gasteiger partial charge in [0.25, 0.3) is 0 Å². The van der Waals surface area contributed by atoms with Gasteiger partial charge in [-0.25, -0.2) is 4.79 Å². The molecule has 0 saturated heterocycles. The number of aromatic nitrogens is 5. The van der Waals surface area contributed by atoms with Crippen molar-refractivity contribution in [3.05, 3.63) is 93.7 Å². The van der Waals surface area contributed by atoms with Gasteiger partial charge >= 0.3 is 5.97 Å². The number of carbonyl (C=O) groups is 1. The molecule has 7 rings (SSSR count). The number of carboxylic acids is 1. The van der Waals surface area contributed by atoms with Crippen LogP contribution in [0.4, 0.5) is 0 Å². The van der Waals surface area contributed by atoms with E-state index >= 15 is 0 Å². The third-order valence-corrected chi connectivity index (χ3v) is 10.7. The standard InChI is InChI=1S/C34H32ClN5O3S2/c1-19-30-28-10-9-26(35)32(30)31-20(2)36-37-27(31)18-44-16-22-14-23(39(3)38-22)17-45-24-13-21-7-4-5-8-25(21)29(15-24)43-12-6-11-40(28)33(19)34(41)42/h4-5,7-10,13-15H,6,11-12,16-18H2,1-3H3,(H,36,37)(H,41,42). The Morgan fingerprint density at radius 2 is 1.91 bits per heavy atom. The average Bonchev–Trinajstić information content (AvgIpc) is 3.66. The summed E-state index contributed by atoms with van der Waals surface area (Å²) in [6, 6.07) is 18.5. The lowest BCUT2D eigenvalue weighted by atomic mass is 9.97. The van der Waals surface area contributed by atoms with E-state index in [1.807, 2.05) is 54.4 Å². The summed E-state index contributed by atoms with van der Waals surface area (Å²) in [5.74, 6) is 2.02. The molecule has 8 bridgehead atoms. The van der Waals surface area contributed by atoms with Crippen LogP contribution in [-0.2, 0) is 30.9 Å². The predicted octanol–water partition coefficient (Wildman–Crippen LogP) is 8.39. The highest BCUT2D eigenvalue weighted by molar-refractivity contribution is 7.98. The minimum Gasteiger partial charge on any atom is -0.493 e. The SMILES string of the molecule is Cc1[nH]nc2c1-c1c(Cl)ccc3c1c(C)c(C(=O)O)n3CCCOc1cc(cc3ccccc13)SCc1cc(nn1C)CSC2. The number of carboxylic acid groups (broad SMARTS) is 1. The van der Waals surface area contributed by atoms with Crippen molar-refractivity contribution >= 4 is 62.8 Å². The Hall–Kier alpha value is -3.86. The smallest absolute Gasteiger partial charge is 0.352 e. The fourth-order valence-electron chi connectivity index (χ4n) is 6.32. The van der Waals surface area contributed by atoms with Crippen molar-refractivity contribution in [1.82, 2.24) is 24.5 Å². The number of hydrogen-bond acceptors (Lipinski definition) is 6. The Morgan fingerprint density at radius 3 is 2.76 bits per heavy atom. The first-order valence-corrected chi connectivity index (χ1v) is 17.3. The molecule has 11 heteroatoms. The van der Waals surface area contributed by atoms with E-state index in [2.05, 4.69) is 40.5 Å². The summed E-state index contributed by atoms with van der Waals surface area (Å²) in [5.41, 5.74) is 7.47. The van der Waals surface area contributed by atoms with Gasteiger partial charge in [0.2, 0.25) is 0 Å². The van der Waals surface area contributed by atoms with Gasteiger partial charge in [-0.3, -0.25) is 9.78 Å². The van der Waals surface area contributed by atoms with Crippen molar-refractivity contribution in [2.24, 2.45) is 7.05 Å². The van der Waals surface area contributed by atoms with E-state index in [1.54, 1.807) is 23.5 Å². The summed E-state index contributed by atoms with van der Waals surface area (Å²) in [6.07, 6.45) is 0.623. The zero-order chi connectivity index (χ0) is 31.2.